The van der Waals surface area contributed by atoms with E-state index in [1.165, 1.54) is 18.2 Å². The second-order valence-electron chi connectivity index (χ2n) is 5.53. The summed E-state index contributed by atoms with van der Waals surface area (Å²) in [6.07, 6.45) is -4.67. The van der Waals surface area contributed by atoms with Crippen molar-refractivity contribution < 1.29 is 22.9 Å². The Morgan fingerprint density at radius 3 is 2.74 bits per heavy atom. The van der Waals surface area contributed by atoms with E-state index in [-0.39, 0.29) is 24.5 Å². The maximum Gasteiger partial charge on any atom is 0.389 e. The van der Waals surface area contributed by atoms with Crippen molar-refractivity contribution in [2.24, 2.45) is 5.92 Å². The number of likely N-dealkylation sites (tertiary alicyclic amines) is 1. The van der Waals surface area contributed by atoms with Crippen LogP contribution in [0.2, 0.25) is 0 Å². The van der Waals surface area contributed by atoms with E-state index in [1.54, 1.807) is 11.0 Å². The quantitative estimate of drug-likeness (QED) is 0.665. The number of carbonyl (C=O) groups is 1. The Hall–Kier alpha value is -2.16. The van der Waals surface area contributed by atoms with Gasteiger partial charge in [0.15, 0.2) is 0 Å². The molecule has 126 valence electrons. The van der Waals surface area contributed by atoms with Crippen LogP contribution in [0.3, 0.4) is 0 Å². The van der Waals surface area contributed by atoms with Crippen molar-refractivity contribution in [3.05, 3.63) is 34.4 Å². The smallest absolute Gasteiger partial charge is 0.319 e. The van der Waals surface area contributed by atoms with Gasteiger partial charge in [0.05, 0.1) is 11.5 Å². The first-order valence-corrected chi connectivity index (χ1v) is 7.07. The predicted octanol–water partition coefficient (Wildman–Crippen LogP) is 2.81. The number of carbonyl (C=O) groups excluding carboxylic acids is 1. The van der Waals surface area contributed by atoms with Crippen LogP contribution in [0.15, 0.2) is 24.3 Å². The van der Waals surface area contributed by atoms with Gasteiger partial charge in [-0.3, -0.25) is 19.8 Å². The molecule has 0 radical (unpaired) electrons. The molecule has 9 heteroatoms. The lowest BCUT2D eigenvalue weighted by Crippen LogP contribution is -2.32. The van der Waals surface area contributed by atoms with E-state index in [4.69, 9.17) is 0 Å². The average Bonchev–Trinajstić information content (AvgIpc) is 2.83. The number of benzene rings is 1. The zero-order valence-electron chi connectivity index (χ0n) is 12.2. The van der Waals surface area contributed by atoms with Gasteiger partial charge in [0, 0.05) is 19.0 Å². The van der Waals surface area contributed by atoms with Crippen LogP contribution in [-0.2, 0) is 4.79 Å². The summed E-state index contributed by atoms with van der Waals surface area (Å²) in [5, 5.41) is 13.3. The second-order valence-corrected chi connectivity index (χ2v) is 5.53. The number of halogens is 3. The summed E-state index contributed by atoms with van der Waals surface area (Å²) in [4.78, 5) is 23.8. The monoisotopic (exact) mass is 331 g/mol. The van der Waals surface area contributed by atoms with Crippen LogP contribution in [0.5, 0.6) is 0 Å². The highest BCUT2D eigenvalue weighted by molar-refractivity contribution is 5.94. The third-order valence-electron chi connectivity index (χ3n) is 3.63. The molecule has 1 fully saturated rings. The molecule has 6 nitrogen and oxygen atoms in total. The molecule has 0 aliphatic carbocycles. The zero-order valence-corrected chi connectivity index (χ0v) is 12.2. The van der Waals surface area contributed by atoms with Crippen molar-refractivity contribution in [2.75, 3.05) is 25.0 Å². The van der Waals surface area contributed by atoms with Gasteiger partial charge < -0.3 is 5.32 Å². The van der Waals surface area contributed by atoms with Gasteiger partial charge >= 0.3 is 6.18 Å². The number of nitrogens with zero attached hydrogens (tertiary/aromatic N) is 2. The van der Waals surface area contributed by atoms with Crippen molar-refractivity contribution in [2.45, 2.75) is 19.0 Å². The molecule has 1 aliphatic heterocycles. The summed E-state index contributed by atoms with van der Waals surface area (Å²) in [5.41, 5.74) is -0.147. The van der Waals surface area contributed by atoms with Crippen LogP contribution in [-0.4, -0.2) is 41.5 Å². The number of nitro benzene ring substituents is 1. The summed E-state index contributed by atoms with van der Waals surface area (Å²) in [5.74, 6) is -0.985. The molecule has 0 bridgehead atoms. The van der Waals surface area contributed by atoms with Crippen molar-refractivity contribution >= 4 is 17.3 Å². The molecular weight excluding hydrogens is 315 g/mol. The third kappa shape index (κ3) is 5.20. The first kappa shape index (κ1) is 17.2. The molecule has 1 atom stereocenters. The molecule has 1 heterocycles. The van der Waals surface area contributed by atoms with E-state index in [9.17, 15) is 28.1 Å². The fraction of sp³-hybridized carbons (Fsp3) is 0.500. The van der Waals surface area contributed by atoms with E-state index < -0.39 is 29.3 Å². The van der Waals surface area contributed by atoms with Gasteiger partial charge in [-0.05, 0) is 24.9 Å². The predicted molar refractivity (Wildman–Crippen MR) is 76.9 cm³/mol. The van der Waals surface area contributed by atoms with Gasteiger partial charge in [-0.25, -0.2) is 0 Å². The van der Waals surface area contributed by atoms with Gasteiger partial charge in [0.2, 0.25) is 5.91 Å². The summed E-state index contributed by atoms with van der Waals surface area (Å²) in [6, 6.07) is 5.71. The number of alkyl halides is 3. The van der Waals surface area contributed by atoms with Crippen LogP contribution in [0.4, 0.5) is 24.5 Å². The zero-order chi connectivity index (χ0) is 17.0. The Bertz CT molecular complexity index is 592. The van der Waals surface area contributed by atoms with Crippen LogP contribution in [0.25, 0.3) is 0 Å². The normalized spacial score (nSPS) is 18.8. The van der Waals surface area contributed by atoms with Crippen molar-refractivity contribution in [1.29, 1.82) is 0 Å². The molecule has 1 saturated heterocycles. The fourth-order valence-corrected chi connectivity index (χ4v) is 2.68. The SMILES string of the molecule is O=C(CN1CCC(CC(F)(F)F)C1)Nc1ccccc1[N+](=O)[O-]. The summed E-state index contributed by atoms with van der Waals surface area (Å²) >= 11 is 0. The van der Waals surface area contributed by atoms with Crippen LogP contribution in [0, 0.1) is 16.0 Å². The lowest BCUT2D eigenvalue weighted by atomic mass is 10.1. The molecule has 1 aliphatic rings. The number of nitro groups is 1. The van der Waals surface area contributed by atoms with Crippen LogP contribution in [0.1, 0.15) is 12.8 Å². The molecule has 0 saturated carbocycles. The second kappa shape index (κ2) is 6.95. The Morgan fingerprint density at radius 2 is 2.09 bits per heavy atom. The first-order chi connectivity index (χ1) is 10.7. The van der Waals surface area contributed by atoms with Gasteiger partial charge in [-0.15, -0.1) is 0 Å². The highest BCUT2D eigenvalue weighted by Gasteiger charge is 2.35. The molecule has 1 N–H and O–H groups in total. The average molecular weight is 331 g/mol. The molecule has 2 rings (SSSR count). The number of anilines is 1. The van der Waals surface area contributed by atoms with Gasteiger partial charge in [-0.1, -0.05) is 12.1 Å². The maximum atomic E-state index is 12.3. The van der Waals surface area contributed by atoms with E-state index in [0.717, 1.165) is 0 Å². The number of para-hydroxylation sites is 2. The van der Waals surface area contributed by atoms with Crippen LogP contribution >= 0.6 is 0 Å². The molecular formula is C14H16F3N3O3. The Morgan fingerprint density at radius 1 is 1.39 bits per heavy atom. The molecule has 1 unspecified atom stereocenters. The number of nitrogens with one attached hydrogen (secondary N) is 1. The molecule has 1 aromatic rings. The largest absolute Gasteiger partial charge is 0.389 e. The van der Waals surface area contributed by atoms with Gasteiger partial charge in [0.1, 0.15) is 5.69 Å². The highest BCUT2D eigenvalue weighted by Crippen LogP contribution is 2.30. The number of amides is 1. The highest BCUT2D eigenvalue weighted by atomic mass is 19.4. The van der Waals surface area contributed by atoms with Gasteiger partial charge in [0.25, 0.3) is 5.69 Å². The number of hydrogen-bond donors (Lipinski definition) is 1. The first-order valence-electron chi connectivity index (χ1n) is 7.07. The minimum atomic E-state index is -4.20. The minimum absolute atomic E-state index is 0.0774. The minimum Gasteiger partial charge on any atom is -0.319 e. The summed E-state index contributed by atoms with van der Waals surface area (Å²) in [6.45, 7) is 0.523. The van der Waals surface area contributed by atoms with Crippen molar-refractivity contribution in [1.82, 2.24) is 4.90 Å². The fourth-order valence-electron chi connectivity index (χ4n) is 2.68. The lowest BCUT2D eigenvalue weighted by molar-refractivity contribution is -0.383. The van der Waals surface area contributed by atoms with E-state index >= 15 is 0 Å². The topological polar surface area (TPSA) is 75.5 Å². The summed E-state index contributed by atoms with van der Waals surface area (Å²) in [7, 11) is 0. The standard InChI is InChI=1S/C14H16F3N3O3/c15-14(16,17)7-10-5-6-19(8-10)9-13(21)18-11-3-1-2-4-12(11)20(22)23/h1-4,10H,5-9H2,(H,18,21). The molecule has 0 spiro atoms. The van der Waals surface area contributed by atoms with E-state index in [1.807, 2.05) is 0 Å². The van der Waals surface area contributed by atoms with Crippen molar-refractivity contribution in [3.8, 4) is 0 Å². The maximum absolute atomic E-state index is 12.3. The molecule has 0 aromatic heterocycles. The number of hydrogen-bond acceptors (Lipinski definition) is 4. The molecule has 1 amide bonds. The molecule has 1 aromatic carbocycles. The lowest BCUT2D eigenvalue weighted by Gasteiger charge is -2.16. The third-order valence-corrected chi connectivity index (χ3v) is 3.63. The number of rotatable bonds is 5. The Balaban J connectivity index is 1.88. The Labute approximate surface area is 130 Å². The van der Waals surface area contributed by atoms with Crippen LogP contribution < -0.4 is 5.32 Å². The van der Waals surface area contributed by atoms with Crippen molar-refractivity contribution in [3.63, 3.8) is 0 Å². The van der Waals surface area contributed by atoms with Gasteiger partial charge in [-0.2, -0.15) is 13.2 Å². The molecule has 23 heavy (non-hydrogen) atoms. The summed E-state index contributed by atoms with van der Waals surface area (Å²) < 4.78 is 37.0. The van der Waals surface area contributed by atoms with E-state index in [0.29, 0.717) is 13.0 Å². The van der Waals surface area contributed by atoms with E-state index in [2.05, 4.69) is 5.32 Å². The Kier molecular flexibility index (Phi) is 5.19.